The highest BCUT2D eigenvalue weighted by atomic mass is 16.3. The summed E-state index contributed by atoms with van der Waals surface area (Å²) in [5.41, 5.74) is 0.816. The zero-order valence-corrected chi connectivity index (χ0v) is 11.4. The second-order valence-electron chi connectivity index (χ2n) is 4.86. The predicted octanol–water partition coefficient (Wildman–Crippen LogP) is 3.05. The van der Waals surface area contributed by atoms with E-state index in [4.69, 9.17) is 0 Å². The lowest BCUT2D eigenvalue weighted by atomic mass is 10.2. The molecule has 1 N–H and O–H groups in total. The van der Waals surface area contributed by atoms with E-state index >= 15 is 0 Å². The molecule has 0 aromatic heterocycles. The topological polar surface area (TPSA) is 40.5 Å². The number of aromatic hydroxyl groups is 1. The molecule has 1 rings (SSSR count). The molecule has 3 heteroatoms. The van der Waals surface area contributed by atoms with E-state index in [0.29, 0.717) is 0 Å². The number of rotatable bonds is 4. The molecule has 0 unspecified atom stereocenters. The molecule has 3 nitrogen and oxygen atoms in total. The minimum absolute atomic E-state index is 0.0108. The van der Waals surface area contributed by atoms with Gasteiger partial charge < -0.3 is 10.0 Å². The number of phenolic OH excluding ortho intramolecular Hbond substituents is 1. The summed E-state index contributed by atoms with van der Waals surface area (Å²) in [6, 6.07) is 7.17. The molecule has 98 valence electrons. The van der Waals surface area contributed by atoms with Gasteiger partial charge in [0.25, 0.3) is 0 Å². The SMILES string of the molecule is CC(C)N(C(=O)C=Cc1cccc(O)c1)C(C)C. The molecule has 0 fully saturated rings. The lowest BCUT2D eigenvalue weighted by Gasteiger charge is -2.29. The van der Waals surface area contributed by atoms with Crippen molar-refractivity contribution >= 4 is 12.0 Å². The van der Waals surface area contributed by atoms with Crippen LogP contribution in [0.2, 0.25) is 0 Å². The predicted molar refractivity (Wildman–Crippen MR) is 74.3 cm³/mol. The highest BCUT2D eigenvalue weighted by molar-refractivity contribution is 5.92. The molecule has 1 aromatic rings. The number of hydrogen-bond donors (Lipinski definition) is 1. The van der Waals surface area contributed by atoms with Crippen molar-refractivity contribution in [3.63, 3.8) is 0 Å². The van der Waals surface area contributed by atoms with Gasteiger partial charge in [-0.25, -0.2) is 0 Å². The van der Waals surface area contributed by atoms with Crippen LogP contribution in [-0.2, 0) is 4.79 Å². The number of carbonyl (C=O) groups excluding carboxylic acids is 1. The number of benzene rings is 1. The first-order valence-electron chi connectivity index (χ1n) is 6.21. The largest absolute Gasteiger partial charge is 0.508 e. The minimum Gasteiger partial charge on any atom is -0.508 e. The first-order valence-corrected chi connectivity index (χ1v) is 6.21. The van der Waals surface area contributed by atoms with Crippen LogP contribution in [-0.4, -0.2) is 28.0 Å². The van der Waals surface area contributed by atoms with Gasteiger partial charge >= 0.3 is 0 Å². The van der Waals surface area contributed by atoms with Crippen molar-refractivity contribution in [2.75, 3.05) is 0 Å². The fourth-order valence-electron chi connectivity index (χ4n) is 1.99. The van der Waals surface area contributed by atoms with E-state index in [0.717, 1.165) is 5.56 Å². The first kappa shape index (κ1) is 14.3. The van der Waals surface area contributed by atoms with Crippen molar-refractivity contribution in [1.29, 1.82) is 0 Å². The zero-order chi connectivity index (χ0) is 13.7. The zero-order valence-electron chi connectivity index (χ0n) is 11.4. The Bertz CT molecular complexity index is 428. The van der Waals surface area contributed by atoms with Crippen LogP contribution in [0.15, 0.2) is 30.3 Å². The van der Waals surface area contributed by atoms with Crippen molar-refractivity contribution in [2.24, 2.45) is 0 Å². The smallest absolute Gasteiger partial charge is 0.247 e. The Labute approximate surface area is 109 Å². The van der Waals surface area contributed by atoms with Gasteiger partial charge in [-0.15, -0.1) is 0 Å². The molecule has 0 saturated heterocycles. The van der Waals surface area contributed by atoms with E-state index in [2.05, 4.69) is 0 Å². The molecule has 0 aliphatic heterocycles. The van der Waals surface area contributed by atoms with E-state index < -0.39 is 0 Å². The molecular formula is C15H21NO2. The Morgan fingerprint density at radius 3 is 2.33 bits per heavy atom. The molecule has 0 aliphatic rings. The van der Waals surface area contributed by atoms with Crippen LogP contribution in [0.4, 0.5) is 0 Å². The van der Waals surface area contributed by atoms with E-state index in [9.17, 15) is 9.90 Å². The normalized spacial score (nSPS) is 11.4. The molecule has 0 radical (unpaired) electrons. The standard InChI is InChI=1S/C15H21NO2/c1-11(2)16(12(3)4)15(18)9-8-13-6-5-7-14(17)10-13/h5-12,17H,1-4H3. The number of phenols is 1. The highest BCUT2D eigenvalue weighted by Crippen LogP contribution is 2.13. The summed E-state index contributed by atoms with van der Waals surface area (Å²) in [6.07, 6.45) is 3.27. The summed E-state index contributed by atoms with van der Waals surface area (Å²) in [7, 11) is 0. The Hall–Kier alpha value is -1.77. The van der Waals surface area contributed by atoms with Gasteiger partial charge in [0, 0.05) is 18.2 Å². The molecule has 0 atom stereocenters. The van der Waals surface area contributed by atoms with Gasteiger partial charge in [0.15, 0.2) is 0 Å². The summed E-state index contributed by atoms with van der Waals surface area (Å²) in [5.74, 6) is 0.192. The molecule has 18 heavy (non-hydrogen) atoms. The van der Waals surface area contributed by atoms with Crippen molar-refractivity contribution < 1.29 is 9.90 Å². The maximum absolute atomic E-state index is 12.1. The van der Waals surface area contributed by atoms with Crippen LogP contribution >= 0.6 is 0 Å². The molecule has 1 aromatic carbocycles. The van der Waals surface area contributed by atoms with Gasteiger partial charge in [0.2, 0.25) is 5.91 Å². The van der Waals surface area contributed by atoms with Crippen LogP contribution in [0.1, 0.15) is 33.3 Å². The van der Waals surface area contributed by atoms with Gasteiger partial charge in [-0.05, 0) is 51.5 Å². The molecule has 1 amide bonds. The van der Waals surface area contributed by atoms with E-state index in [-0.39, 0.29) is 23.7 Å². The van der Waals surface area contributed by atoms with Crippen LogP contribution in [0.3, 0.4) is 0 Å². The molecule has 0 saturated carbocycles. The van der Waals surface area contributed by atoms with Gasteiger partial charge in [0.05, 0.1) is 0 Å². The Morgan fingerprint density at radius 1 is 1.22 bits per heavy atom. The molecule has 0 bridgehead atoms. The second kappa shape index (κ2) is 6.24. The van der Waals surface area contributed by atoms with Gasteiger partial charge in [-0.2, -0.15) is 0 Å². The van der Waals surface area contributed by atoms with Crippen molar-refractivity contribution in [3.8, 4) is 5.75 Å². The van der Waals surface area contributed by atoms with Crippen LogP contribution in [0.5, 0.6) is 5.75 Å². The van der Waals surface area contributed by atoms with Gasteiger partial charge in [0.1, 0.15) is 5.75 Å². The van der Waals surface area contributed by atoms with Crippen molar-refractivity contribution in [2.45, 2.75) is 39.8 Å². The summed E-state index contributed by atoms with van der Waals surface area (Å²) in [5, 5.41) is 9.33. The van der Waals surface area contributed by atoms with Crippen LogP contribution < -0.4 is 0 Å². The third-order valence-electron chi connectivity index (χ3n) is 2.66. The third-order valence-corrected chi connectivity index (χ3v) is 2.66. The molecule has 0 aliphatic carbocycles. The van der Waals surface area contributed by atoms with Crippen LogP contribution in [0.25, 0.3) is 6.08 Å². The number of carbonyl (C=O) groups is 1. The van der Waals surface area contributed by atoms with Crippen molar-refractivity contribution in [1.82, 2.24) is 4.90 Å². The van der Waals surface area contributed by atoms with Crippen LogP contribution in [0, 0.1) is 0 Å². The molecule has 0 spiro atoms. The monoisotopic (exact) mass is 247 g/mol. The fraction of sp³-hybridized carbons (Fsp3) is 0.400. The number of amides is 1. The average Bonchev–Trinajstić information content (AvgIpc) is 2.25. The first-order chi connectivity index (χ1) is 8.41. The van der Waals surface area contributed by atoms with E-state index in [1.54, 1.807) is 30.4 Å². The minimum atomic E-state index is -0.0108. The maximum atomic E-state index is 12.1. The van der Waals surface area contributed by atoms with Crippen molar-refractivity contribution in [3.05, 3.63) is 35.9 Å². The Morgan fingerprint density at radius 2 is 1.83 bits per heavy atom. The summed E-state index contributed by atoms with van der Waals surface area (Å²) >= 11 is 0. The maximum Gasteiger partial charge on any atom is 0.247 e. The number of nitrogens with zero attached hydrogens (tertiary/aromatic N) is 1. The van der Waals surface area contributed by atoms with Gasteiger partial charge in [-0.3, -0.25) is 4.79 Å². The summed E-state index contributed by atoms with van der Waals surface area (Å²) < 4.78 is 0. The Balaban J connectivity index is 2.80. The average molecular weight is 247 g/mol. The number of hydrogen-bond acceptors (Lipinski definition) is 2. The lowest BCUT2D eigenvalue weighted by molar-refractivity contribution is -0.129. The third kappa shape index (κ3) is 3.91. The fourth-order valence-corrected chi connectivity index (χ4v) is 1.99. The van der Waals surface area contributed by atoms with E-state index in [1.165, 1.54) is 0 Å². The highest BCUT2D eigenvalue weighted by Gasteiger charge is 2.17. The second-order valence-corrected chi connectivity index (χ2v) is 4.86. The lowest BCUT2D eigenvalue weighted by Crippen LogP contribution is -2.41. The Kier molecular flexibility index (Phi) is 4.95. The molecular weight excluding hydrogens is 226 g/mol. The van der Waals surface area contributed by atoms with E-state index in [1.807, 2.05) is 38.7 Å². The van der Waals surface area contributed by atoms with Gasteiger partial charge in [-0.1, -0.05) is 12.1 Å². The summed E-state index contributed by atoms with van der Waals surface area (Å²) in [6.45, 7) is 8.00. The summed E-state index contributed by atoms with van der Waals surface area (Å²) in [4.78, 5) is 13.9. The molecule has 0 heterocycles. The quantitative estimate of drug-likeness (QED) is 0.831.